The van der Waals surface area contributed by atoms with Crippen LogP contribution in [0.4, 0.5) is 0 Å². The van der Waals surface area contributed by atoms with Crippen molar-refractivity contribution in [3.63, 3.8) is 0 Å². The minimum absolute atomic E-state index is 0.0169. The number of methoxy groups -OCH3 is 2. The van der Waals surface area contributed by atoms with Crippen LogP contribution in [0, 0.1) is 0 Å². The van der Waals surface area contributed by atoms with Crippen molar-refractivity contribution in [2.24, 2.45) is 0 Å². The average molecular weight is 253 g/mol. The molecule has 1 aromatic carbocycles. The lowest BCUT2D eigenvalue weighted by Gasteiger charge is -2.36. The van der Waals surface area contributed by atoms with E-state index >= 15 is 0 Å². The van der Waals surface area contributed by atoms with Gasteiger partial charge in [-0.05, 0) is 25.6 Å². The van der Waals surface area contributed by atoms with Gasteiger partial charge in [-0.15, -0.1) is 0 Å². The lowest BCUT2D eigenvalue weighted by molar-refractivity contribution is 0.0867. The number of fused-ring (bicyclic) bond motifs is 1. The molecule has 0 fully saturated rings. The molecular weight excluding hydrogens is 234 g/mol. The Labute approximate surface area is 107 Å². The third kappa shape index (κ3) is 1.79. The fourth-order valence-electron chi connectivity index (χ4n) is 2.47. The Morgan fingerprint density at radius 1 is 1.33 bits per heavy atom. The molecule has 0 saturated carbocycles. The van der Waals surface area contributed by atoms with Gasteiger partial charge < -0.3 is 19.7 Å². The number of hydrogen-bond acceptors (Lipinski definition) is 5. The molecule has 0 aliphatic carbocycles. The Bertz CT molecular complexity index is 461. The van der Waals surface area contributed by atoms with E-state index < -0.39 is 6.10 Å². The molecule has 5 nitrogen and oxygen atoms in total. The lowest BCUT2D eigenvalue weighted by atomic mass is 9.90. The van der Waals surface area contributed by atoms with Crippen LogP contribution >= 0.6 is 0 Å². The molecular formula is C13H19NO4. The van der Waals surface area contributed by atoms with Crippen LogP contribution in [0.3, 0.4) is 0 Å². The van der Waals surface area contributed by atoms with Crippen molar-refractivity contribution in [3.8, 4) is 17.2 Å². The van der Waals surface area contributed by atoms with Gasteiger partial charge in [-0.1, -0.05) is 0 Å². The monoisotopic (exact) mass is 253 g/mol. The molecule has 2 rings (SSSR count). The second-order valence-electron chi connectivity index (χ2n) is 4.59. The van der Waals surface area contributed by atoms with Gasteiger partial charge in [-0.2, -0.15) is 0 Å². The number of aliphatic hydroxyl groups is 1. The maximum absolute atomic E-state index is 10.3. The Morgan fingerprint density at radius 2 is 2.00 bits per heavy atom. The van der Waals surface area contributed by atoms with E-state index in [9.17, 15) is 10.2 Å². The molecule has 18 heavy (non-hydrogen) atoms. The molecule has 5 heteroatoms. The van der Waals surface area contributed by atoms with Gasteiger partial charge in [0, 0.05) is 18.2 Å². The SMILES string of the molecule is COc1cc2c(c(O)c1OC)[C@H](C)N(C)C[C@@H]2O. The number of aromatic hydroxyl groups is 1. The number of phenols is 1. The van der Waals surface area contributed by atoms with Crippen molar-refractivity contribution in [2.75, 3.05) is 27.8 Å². The number of ether oxygens (including phenoxy) is 2. The van der Waals surface area contributed by atoms with Gasteiger partial charge in [0.25, 0.3) is 0 Å². The summed E-state index contributed by atoms with van der Waals surface area (Å²) < 4.78 is 10.4. The highest BCUT2D eigenvalue weighted by Crippen LogP contribution is 2.48. The van der Waals surface area contributed by atoms with Crippen LogP contribution in [0.25, 0.3) is 0 Å². The molecule has 0 radical (unpaired) electrons. The molecule has 0 unspecified atom stereocenters. The molecule has 0 amide bonds. The van der Waals surface area contributed by atoms with Crippen LogP contribution in [0.5, 0.6) is 17.2 Å². The van der Waals surface area contributed by atoms with Crippen molar-refractivity contribution < 1.29 is 19.7 Å². The first kappa shape index (κ1) is 13.0. The van der Waals surface area contributed by atoms with Crippen molar-refractivity contribution in [1.82, 2.24) is 4.90 Å². The lowest BCUT2D eigenvalue weighted by Crippen LogP contribution is -2.33. The highest BCUT2D eigenvalue weighted by atomic mass is 16.5. The minimum Gasteiger partial charge on any atom is -0.504 e. The summed E-state index contributed by atoms with van der Waals surface area (Å²) in [4.78, 5) is 1.98. The minimum atomic E-state index is -0.632. The predicted octanol–water partition coefficient (Wildman–Crippen LogP) is 1.45. The average Bonchev–Trinajstić information content (AvgIpc) is 2.35. The van der Waals surface area contributed by atoms with Crippen LogP contribution in [0.2, 0.25) is 0 Å². The number of nitrogens with zero attached hydrogens (tertiary/aromatic N) is 1. The number of β-amino-alcohol motifs (C(OH)–C–C–N with tert-alkyl or cyclic N) is 1. The second-order valence-corrected chi connectivity index (χ2v) is 4.59. The van der Waals surface area contributed by atoms with Crippen LogP contribution in [-0.4, -0.2) is 42.9 Å². The van der Waals surface area contributed by atoms with E-state index in [1.165, 1.54) is 14.2 Å². The van der Waals surface area contributed by atoms with E-state index in [1.54, 1.807) is 6.07 Å². The Balaban J connectivity index is 2.67. The molecule has 0 saturated heterocycles. The van der Waals surface area contributed by atoms with Crippen LogP contribution in [0.15, 0.2) is 6.07 Å². The third-order valence-corrected chi connectivity index (χ3v) is 3.61. The molecule has 0 spiro atoms. The van der Waals surface area contributed by atoms with E-state index in [1.807, 2.05) is 18.9 Å². The first-order valence-electron chi connectivity index (χ1n) is 5.87. The number of benzene rings is 1. The van der Waals surface area contributed by atoms with E-state index in [4.69, 9.17) is 9.47 Å². The standard InChI is InChI=1S/C13H19NO4/c1-7-11-8(9(15)6-14(7)2)5-10(17-3)13(18-4)12(11)16/h5,7,9,15-16H,6H2,1-4H3/t7-,9-/m0/s1. The van der Waals surface area contributed by atoms with E-state index in [2.05, 4.69) is 0 Å². The number of hydrogen-bond donors (Lipinski definition) is 2. The first-order valence-corrected chi connectivity index (χ1v) is 5.87. The van der Waals surface area contributed by atoms with Gasteiger partial charge in [-0.3, -0.25) is 4.90 Å². The Kier molecular flexibility index (Phi) is 3.36. The molecule has 0 bridgehead atoms. The fraction of sp³-hybridized carbons (Fsp3) is 0.538. The van der Waals surface area contributed by atoms with Crippen molar-refractivity contribution >= 4 is 0 Å². The van der Waals surface area contributed by atoms with Gasteiger partial charge in [0.15, 0.2) is 11.5 Å². The van der Waals surface area contributed by atoms with E-state index in [0.717, 1.165) is 0 Å². The normalized spacial score (nSPS) is 23.6. The van der Waals surface area contributed by atoms with Crippen molar-refractivity contribution in [1.29, 1.82) is 0 Å². The van der Waals surface area contributed by atoms with Crippen molar-refractivity contribution in [3.05, 3.63) is 17.2 Å². The summed E-state index contributed by atoms with van der Waals surface area (Å²) in [5, 5.41) is 20.4. The smallest absolute Gasteiger partial charge is 0.203 e. The third-order valence-electron chi connectivity index (χ3n) is 3.61. The van der Waals surface area contributed by atoms with Crippen molar-refractivity contribution in [2.45, 2.75) is 19.1 Å². The topological polar surface area (TPSA) is 62.2 Å². The fourth-order valence-corrected chi connectivity index (χ4v) is 2.47. The van der Waals surface area contributed by atoms with Gasteiger partial charge in [0.1, 0.15) is 0 Å². The Morgan fingerprint density at radius 3 is 2.56 bits per heavy atom. The van der Waals surface area contributed by atoms with E-state index in [0.29, 0.717) is 29.2 Å². The number of aliphatic hydroxyl groups excluding tert-OH is 1. The second kappa shape index (κ2) is 4.66. The largest absolute Gasteiger partial charge is 0.504 e. The summed E-state index contributed by atoms with van der Waals surface area (Å²) in [5.74, 6) is 0.792. The van der Waals surface area contributed by atoms with Gasteiger partial charge in [-0.25, -0.2) is 0 Å². The van der Waals surface area contributed by atoms with Crippen LogP contribution < -0.4 is 9.47 Å². The molecule has 1 aliphatic heterocycles. The summed E-state index contributed by atoms with van der Waals surface area (Å²) in [7, 11) is 4.90. The number of likely N-dealkylation sites (N-methyl/N-ethyl adjacent to an activating group) is 1. The zero-order chi connectivity index (χ0) is 13.4. The number of phenolic OH excluding ortho intramolecular Hbond substituents is 1. The molecule has 2 N–H and O–H groups in total. The summed E-state index contributed by atoms with van der Waals surface area (Å²) in [6, 6.07) is 1.76. The first-order chi connectivity index (χ1) is 8.51. The predicted molar refractivity (Wildman–Crippen MR) is 67.2 cm³/mol. The summed E-state index contributed by atoms with van der Waals surface area (Å²) in [6.07, 6.45) is -0.632. The van der Waals surface area contributed by atoms with E-state index in [-0.39, 0.29) is 11.8 Å². The highest BCUT2D eigenvalue weighted by molar-refractivity contribution is 5.60. The number of rotatable bonds is 2. The molecule has 1 aromatic rings. The molecule has 1 aliphatic rings. The van der Waals surface area contributed by atoms with Crippen LogP contribution in [0.1, 0.15) is 30.2 Å². The maximum atomic E-state index is 10.3. The molecule has 100 valence electrons. The molecule has 2 atom stereocenters. The van der Waals surface area contributed by atoms with Gasteiger partial charge in [0.05, 0.1) is 20.3 Å². The molecule has 1 heterocycles. The van der Waals surface area contributed by atoms with Crippen LogP contribution in [-0.2, 0) is 0 Å². The Hall–Kier alpha value is -1.46. The summed E-state index contributed by atoms with van der Waals surface area (Å²) in [6.45, 7) is 2.51. The summed E-state index contributed by atoms with van der Waals surface area (Å²) in [5.41, 5.74) is 1.41. The summed E-state index contributed by atoms with van der Waals surface area (Å²) >= 11 is 0. The zero-order valence-electron chi connectivity index (χ0n) is 11.1. The zero-order valence-corrected chi connectivity index (χ0v) is 11.1. The highest BCUT2D eigenvalue weighted by Gasteiger charge is 2.32. The van der Waals surface area contributed by atoms with Gasteiger partial charge in [0.2, 0.25) is 5.75 Å². The quantitative estimate of drug-likeness (QED) is 0.835. The maximum Gasteiger partial charge on any atom is 0.203 e. The van der Waals surface area contributed by atoms with Gasteiger partial charge >= 0.3 is 0 Å². The molecule has 0 aromatic heterocycles.